The summed E-state index contributed by atoms with van der Waals surface area (Å²) in [5.74, 6) is -0.911. The fourth-order valence-electron chi connectivity index (χ4n) is 3.18. The van der Waals surface area contributed by atoms with E-state index >= 15 is 0 Å². The molecule has 0 spiro atoms. The zero-order valence-electron chi connectivity index (χ0n) is 18.1. The van der Waals surface area contributed by atoms with Crippen molar-refractivity contribution in [2.45, 2.75) is 20.3 Å². The summed E-state index contributed by atoms with van der Waals surface area (Å²) >= 11 is 7.25. The molecule has 3 rings (SSSR count). The van der Waals surface area contributed by atoms with Gasteiger partial charge >= 0.3 is 0 Å². The quantitative estimate of drug-likeness (QED) is 0.497. The normalized spacial score (nSPS) is 10.5. The first-order valence-electron chi connectivity index (χ1n) is 10.1. The second kappa shape index (κ2) is 10.4. The molecule has 1 heterocycles. The van der Waals surface area contributed by atoms with Crippen LogP contribution in [0.3, 0.4) is 0 Å². The molecule has 1 aromatic heterocycles. The molecule has 0 aliphatic heterocycles. The maximum absolute atomic E-state index is 12.9. The van der Waals surface area contributed by atoms with Crippen LogP contribution in [0.5, 0.6) is 0 Å². The SMILES string of the molecule is CCc1ccccc1NC(=O)CN(C)C(=O)c1sc(NC(=O)c2ccccc2Cl)cc1C. The van der Waals surface area contributed by atoms with Crippen molar-refractivity contribution in [1.82, 2.24) is 4.90 Å². The zero-order valence-corrected chi connectivity index (χ0v) is 19.6. The van der Waals surface area contributed by atoms with Crippen LogP contribution in [0.4, 0.5) is 10.7 Å². The van der Waals surface area contributed by atoms with Crippen LogP contribution >= 0.6 is 22.9 Å². The fraction of sp³-hybridized carbons (Fsp3) is 0.208. The second-order valence-electron chi connectivity index (χ2n) is 7.28. The Morgan fingerprint density at radius 1 is 1.03 bits per heavy atom. The number of amides is 3. The number of hydrogen-bond acceptors (Lipinski definition) is 4. The van der Waals surface area contributed by atoms with Crippen molar-refractivity contribution in [3.05, 3.63) is 81.2 Å². The van der Waals surface area contributed by atoms with E-state index < -0.39 is 0 Å². The Labute approximate surface area is 196 Å². The van der Waals surface area contributed by atoms with Crippen LogP contribution in [0.2, 0.25) is 5.02 Å². The molecule has 8 heteroatoms. The molecule has 2 N–H and O–H groups in total. The number of benzene rings is 2. The van der Waals surface area contributed by atoms with E-state index in [1.54, 1.807) is 44.3 Å². The van der Waals surface area contributed by atoms with Crippen LogP contribution in [0.15, 0.2) is 54.6 Å². The highest BCUT2D eigenvalue weighted by molar-refractivity contribution is 7.18. The first kappa shape index (κ1) is 23.5. The van der Waals surface area contributed by atoms with Gasteiger partial charge in [0, 0.05) is 12.7 Å². The summed E-state index contributed by atoms with van der Waals surface area (Å²) in [6.45, 7) is 3.72. The van der Waals surface area contributed by atoms with Crippen LogP contribution < -0.4 is 10.6 Å². The van der Waals surface area contributed by atoms with Gasteiger partial charge in [-0.2, -0.15) is 0 Å². The van der Waals surface area contributed by atoms with E-state index in [1.165, 1.54) is 4.90 Å². The van der Waals surface area contributed by atoms with Gasteiger partial charge in [0.2, 0.25) is 5.91 Å². The number of carbonyl (C=O) groups is 3. The molecule has 0 bridgehead atoms. The Morgan fingerprint density at radius 2 is 1.72 bits per heavy atom. The molecule has 3 aromatic rings. The summed E-state index contributed by atoms with van der Waals surface area (Å²) in [5.41, 5.74) is 2.85. The highest BCUT2D eigenvalue weighted by Crippen LogP contribution is 2.29. The Bertz CT molecular complexity index is 1160. The number of carbonyl (C=O) groups excluding carboxylic acids is 3. The highest BCUT2D eigenvalue weighted by Gasteiger charge is 2.21. The average Bonchev–Trinajstić information content (AvgIpc) is 3.13. The minimum Gasteiger partial charge on any atom is -0.332 e. The molecule has 0 aliphatic rings. The molecule has 0 saturated heterocycles. The van der Waals surface area contributed by atoms with Crippen LogP contribution in [0.1, 0.15) is 38.1 Å². The number of para-hydroxylation sites is 1. The van der Waals surface area contributed by atoms with E-state index in [0.717, 1.165) is 34.6 Å². The summed E-state index contributed by atoms with van der Waals surface area (Å²) in [6.07, 6.45) is 0.794. The molecular formula is C24H24ClN3O3S. The largest absolute Gasteiger partial charge is 0.332 e. The van der Waals surface area contributed by atoms with Crippen molar-refractivity contribution in [2.24, 2.45) is 0 Å². The van der Waals surface area contributed by atoms with Gasteiger partial charge in [-0.1, -0.05) is 48.9 Å². The van der Waals surface area contributed by atoms with Gasteiger partial charge in [0.05, 0.1) is 27.0 Å². The number of aryl methyl sites for hydroxylation is 2. The summed E-state index contributed by atoms with van der Waals surface area (Å²) < 4.78 is 0. The Hall–Kier alpha value is -3.16. The predicted octanol–water partition coefficient (Wildman–Crippen LogP) is 5.24. The monoisotopic (exact) mass is 469 g/mol. The molecular weight excluding hydrogens is 446 g/mol. The molecule has 0 saturated carbocycles. The van der Waals surface area contributed by atoms with Gasteiger partial charge in [-0.3, -0.25) is 14.4 Å². The zero-order chi connectivity index (χ0) is 23.3. The molecule has 166 valence electrons. The van der Waals surface area contributed by atoms with E-state index in [1.807, 2.05) is 31.2 Å². The molecule has 0 atom stereocenters. The number of thiophene rings is 1. The number of likely N-dealkylation sites (N-methyl/N-ethyl adjacent to an activating group) is 1. The van der Waals surface area contributed by atoms with Crippen molar-refractivity contribution in [3.8, 4) is 0 Å². The van der Waals surface area contributed by atoms with Crippen molar-refractivity contribution in [1.29, 1.82) is 0 Å². The standard InChI is InChI=1S/C24H24ClN3O3S/c1-4-16-9-5-8-12-19(16)26-20(29)14-28(3)24(31)22-15(2)13-21(32-22)27-23(30)17-10-6-7-11-18(17)25/h5-13H,4,14H2,1-3H3,(H,26,29)(H,27,30). The molecule has 32 heavy (non-hydrogen) atoms. The third kappa shape index (κ3) is 5.55. The number of hydrogen-bond donors (Lipinski definition) is 2. The smallest absolute Gasteiger partial charge is 0.264 e. The molecule has 2 aromatic carbocycles. The van der Waals surface area contributed by atoms with E-state index in [9.17, 15) is 14.4 Å². The maximum Gasteiger partial charge on any atom is 0.264 e. The number of rotatable bonds is 7. The van der Waals surface area contributed by atoms with Crippen molar-refractivity contribution >= 4 is 51.3 Å². The minimum absolute atomic E-state index is 0.0878. The number of halogens is 1. The first-order chi connectivity index (χ1) is 15.3. The molecule has 3 amide bonds. The summed E-state index contributed by atoms with van der Waals surface area (Å²) in [5, 5.41) is 6.54. The Kier molecular flexibility index (Phi) is 7.66. The molecule has 0 radical (unpaired) electrons. The third-order valence-electron chi connectivity index (χ3n) is 4.87. The van der Waals surface area contributed by atoms with E-state index in [-0.39, 0.29) is 24.3 Å². The van der Waals surface area contributed by atoms with Gasteiger partial charge < -0.3 is 15.5 Å². The van der Waals surface area contributed by atoms with Crippen LogP contribution in [0.25, 0.3) is 0 Å². The topological polar surface area (TPSA) is 78.5 Å². The van der Waals surface area contributed by atoms with Crippen molar-refractivity contribution in [3.63, 3.8) is 0 Å². The molecule has 0 fully saturated rings. The van der Waals surface area contributed by atoms with E-state index in [0.29, 0.717) is 20.5 Å². The lowest BCUT2D eigenvalue weighted by atomic mass is 10.1. The van der Waals surface area contributed by atoms with E-state index in [4.69, 9.17) is 11.6 Å². The Balaban J connectivity index is 1.65. The lowest BCUT2D eigenvalue weighted by molar-refractivity contribution is -0.116. The van der Waals surface area contributed by atoms with Crippen LogP contribution in [-0.4, -0.2) is 36.2 Å². The number of nitrogens with zero attached hydrogens (tertiary/aromatic N) is 1. The first-order valence-corrected chi connectivity index (χ1v) is 11.3. The maximum atomic E-state index is 12.9. The van der Waals surface area contributed by atoms with Gasteiger partial charge in [-0.15, -0.1) is 11.3 Å². The van der Waals surface area contributed by atoms with Gasteiger partial charge in [-0.25, -0.2) is 0 Å². The molecule has 6 nitrogen and oxygen atoms in total. The minimum atomic E-state index is -0.349. The lowest BCUT2D eigenvalue weighted by Crippen LogP contribution is -2.35. The van der Waals surface area contributed by atoms with Crippen molar-refractivity contribution in [2.75, 3.05) is 24.2 Å². The fourth-order valence-corrected chi connectivity index (χ4v) is 4.47. The summed E-state index contributed by atoms with van der Waals surface area (Å²) in [4.78, 5) is 39.7. The molecule has 0 aliphatic carbocycles. The van der Waals surface area contributed by atoms with Crippen LogP contribution in [-0.2, 0) is 11.2 Å². The summed E-state index contributed by atoms with van der Waals surface area (Å²) in [6, 6.07) is 16.1. The van der Waals surface area contributed by atoms with E-state index in [2.05, 4.69) is 10.6 Å². The average molecular weight is 470 g/mol. The third-order valence-corrected chi connectivity index (χ3v) is 6.34. The predicted molar refractivity (Wildman–Crippen MR) is 130 cm³/mol. The van der Waals surface area contributed by atoms with Gasteiger partial charge in [0.15, 0.2) is 0 Å². The molecule has 0 unspecified atom stereocenters. The van der Waals surface area contributed by atoms with Crippen molar-refractivity contribution < 1.29 is 14.4 Å². The Morgan fingerprint density at radius 3 is 2.44 bits per heavy atom. The van der Waals surface area contributed by atoms with Gasteiger partial charge in [-0.05, 0) is 48.7 Å². The van der Waals surface area contributed by atoms with Gasteiger partial charge in [0.25, 0.3) is 11.8 Å². The second-order valence-corrected chi connectivity index (χ2v) is 8.74. The number of anilines is 2. The van der Waals surface area contributed by atoms with Crippen LogP contribution in [0, 0.1) is 6.92 Å². The lowest BCUT2D eigenvalue weighted by Gasteiger charge is -2.17. The number of nitrogens with one attached hydrogen (secondary N) is 2. The van der Waals surface area contributed by atoms with Gasteiger partial charge in [0.1, 0.15) is 0 Å². The summed E-state index contributed by atoms with van der Waals surface area (Å²) in [7, 11) is 1.58. The highest BCUT2D eigenvalue weighted by atomic mass is 35.5.